The monoisotopic (exact) mass is 491 g/mol. The Kier molecular flexibility index (Phi) is 25.5. The normalized spacial score (nSPS) is 12.1. The fourth-order valence-electron chi connectivity index (χ4n) is 2.37. The van der Waals surface area contributed by atoms with E-state index in [-0.39, 0.29) is 30.6 Å². The number of hydrogen-bond acceptors (Lipinski definition) is 5. The zero-order valence-electron chi connectivity index (χ0n) is 23.1. The number of nitrogens with one attached hydrogen (secondary N) is 1. The molecule has 0 aromatic heterocycles. The van der Waals surface area contributed by atoms with Crippen LogP contribution in [-0.4, -0.2) is 41.3 Å². The van der Waals surface area contributed by atoms with Crippen molar-refractivity contribution in [3.05, 3.63) is 66.8 Å². The van der Waals surface area contributed by atoms with Gasteiger partial charge in [0.2, 0.25) is 5.91 Å². The molecule has 1 rings (SSSR count). The second kappa shape index (κ2) is 24.3. The molecule has 200 valence electrons. The topological polar surface area (TPSA) is 95.9 Å². The predicted molar refractivity (Wildman–Crippen MR) is 147 cm³/mol. The van der Waals surface area contributed by atoms with Gasteiger partial charge in [-0.1, -0.05) is 97.1 Å². The van der Waals surface area contributed by atoms with Crippen LogP contribution < -0.4 is 5.32 Å². The molecule has 6 nitrogen and oxygen atoms in total. The number of hydrogen-bond donors (Lipinski definition) is 3. The van der Waals surface area contributed by atoms with E-state index in [0.717, 1.165) is 17.6 Å². The number of benzene rings is 1. The first kappa shape index (κ1) is 36.7. The quantitative estimate of drug-likeness (QED) is 0.255. The van der Waals surface area contributed by atoms with E-state index < -0.39 is 12.0 Å². The first-order valence-electron chi connectivity index (χ1n) is 12.4. The number of aliphatic hydroxyl groups is 1. The van der Waals surface area contributed by atoms with E-state index in [9.17, 15) is 14.7 Å². The largest absolute Gasteiger partial charge is 0.508 e. The summed E-state index contributed by atoms with van der Waals surface area (Å²) in [6, 6.07) is 5.67. The molecule has 0 spiro atoms. The summed E-state index contributed by atoms with van der Waals surface area (Å²) in [6.45, 7) is 21.4. The highest BCUT2D eigenvalue weighted by Crippen LogP contribution is 2.12. The van der Waals surface area contributed by atoms with E-state index in [2.05, 4.69) is 25.4 Å². The Morgan fingerprint density at radius 2 is 1.63 bits per heavy atom. The highest BCUT2D eigenvalue weighted by atomic mass is 16.5. The van der Waals surface area contributed by atoms with Crippen LogP contribution in [0.1, 0.15) is 73.3 Å². The molecule has 0 bridgehead atoms. The van der Waals surface area contributed by atoms with Crippen molar-refractivity contribution in [1.82, 2.24) is 5.32 Å². The molecule has 3 atom stereocenters. The summed E-state index contributed by atoms with van der Waals surface area (Å²) in [6.07, 6.45) is 7.11. The van der Waals surface area contributed by atoms with Gasteiger partial charge in [0.25, 0.3) is 0 Å². The maximum atomic E-state index is 12.1. The molecule has 3 unspecified atom stereocenters. The minimum absolute atomic E-state index is 0.134. The number of amides is 1. The van der Waals surface area contributed by atoms with Crippen LogP contribution in [0.3, 0.4) is 0 Å². The number of aromatic hydroxyl groups is 1. The zero-order valence-corrected chi connectivity index (χ0v) is 23.1. The van der Waals surface area contributed by atoms with Crippen LogP contribution in [0.4, 0.5) is 0 Å². The molecule has 0 fully saturated rings. The Morgan fingerprint density at radius 1 is 1.09 bits per heavy atom. The van der Waals surface area contributed by atoms with Crippen LogP contribution in [0.25, 0.3) is 0 Å². The van der Waals surface area contributed by atoms with Crippen LogP contribution >= 0.6 is 0 Å². The number of phenols is 1. The van der Waals surface area contributed by atoms with E-state index in [1.165, 1.54) is 19.2 Å². The summed E-state index contributed by atoms with van der Waals surface area (Å²) in [5, 5.41) is 20.8. The molecule has 35 heavy (non-hydrogen) atoms. The maximum absolute atomic E-state index is 12.1. The van der Waals surface area contributed by atoms with Crippen LogP contribution in [0.5, 0.6) is 5.75 Å². The third-order valence-corrected chi connectivity index (χ3v) is 4.81. The summed E-state index contributed by atoms with van der Waals surface area (Å²) in [4.78, 5) is 23.9. The lowest BCUT2D eigenvalue weighted by Crippen LogP contribution is -2.43. The lowest BCUT2D eigenvalue weighted by atomic mass is 10.0. The summed E-state index contributed by atoms with van der Waals surface area (Å²) in [5.74, 6) is -0.164. The van der Waals surface area contributed by atoms with Gasteiger partial charge in [-0.2, -0.15) is 0 Å². The van der Waals surface area contributed by atoms with Gasteiger partial charge >= 0.3 is 5.97 Å². The molecule has 0 saturated carbocycles. The van der Waals surface area contributed by atoms with Crippen LogP contribution in [-0.2, 0) is 20.7 Å². The third-order valence-electron chi connectivity index (χ3n) is 4.81. The Morgan fingerprint density at radius 3 is 2.03 bits per heavy atom. The minimum Gasteiger partial charge on any atom is -0.508 e. The highest BCUT2D eigenvalue weighted by molar-refractivity contribution is 5.84. The zero-order chi connectivity index (χ0) is 27.8. The number of esters is 1. The van der Waals surface area contributed by atoms with Gasteiger partial charge in [0.05, 0.1) is 13.2 Å². The number of phenolic OH excluding ortho intramolecular Hbond substituents is 1. The molecule has 0 radical (unpaired) electrons. The Hall–Kier alpha value is -2.86. The summed E-state index contributed by atoms with van der Waals surface area (Å²) >= 11 is 0. The standard InChI is InChI=1S/C19H23NO4.C6H14O.2C2H6/c1-4-5-6-14(2)7-12-18(22)20-17(19(23)24-3)13-15-8-10-16(21)11-9-15;1-4-5(2)6(3)7;2*1-2/h4-6,8-11,17,21H,1-2,7,12-13H2,3H3,(H,20,22);5-7H,4H2,1-3H3;2*1-2H3/b6-5-;;;. The van der Waals surface area contributed by atoms with Gasteiger partial charge < -0.3 is 20.3 Å². The number of methoxy groups -OCH3 is 1. The van der Waals surface area contributed by atoms with Crippen molar-refractivity contribution in [3.63, 3.8) is 0 Å². The van der Waals surface area contributed by atoms with Gasteiger partial charge in [-0.25, -0.2) is 4.79 Å². The first-order chi connectivity index (χ1) is 16.6. The summed E-state index contributed by atoms with van der Waals surface area (Å²) in [5.41, 5.74) is 1.61. The van der Waals surface area contributed by atoms with E-state index in [4.69, 9.17) is 9.84 Å². The van der Waals surface area contributed by atoms with Gasteiger partial charge in [-0.15, -0.1) is 0 Å². The molecule has 1 aromatic rings. The number of rotatable bonds is 11. The number of ether oxygens (including phenoxy) is 1. The van der Waals surface area contributed by atoms with Crippen molar-refractivity contribution in [2.75, 3.05) is 7.11 Å². The molecule has 1 amide bonds. The van der Waals surface area contributed by atoms with Gasteiger partial charge in [0.1, 0.15) is 11.8 Å². The Labute approximate surface area is 213 Å². The molecule has 1 aromatic carbocycles. The van der Waals surface area contributed by atoms with Crippen molar-refractivity contribution < 1.29 is 24.5 Å². The smallest absolute Gasteiger partial charge is 0.328 e. The molecule has 0 aliphatic rings. The SMILES string of the molecule is C=C/C=C\C(=C)CCC(=O)NC(Cc1ccc(O)cc1)C(=O)OC.CC.CC.CCC(C)C(C)O. The molecule has 0 saturated heterocycles. The average molecular weight is 492 g/mol. The molecule has 0 heterocycles. The average Bonchev–Trinajstić information content (AvgIpc) is 2.88. The van der Waals surface area contributed by atoms with Crippen molar-refractivity contribution >= 4 is 11.9 Å². The third kappa shape index (κ3) is 20.2. The van der Waals surface area contributed by atoms with Crippen LogP contribution in [0, 0.1) is 5.92 Å². The molecule has 6 heteroatoms. The number of allylic oxidation sites excluding steroid dienone is 4. The minimum atomic E-state index is -0.774. The van der Waals surface area contributed by atoms with E-state index in [1.54, 1.807) is 30.4 Å². The van der Waals surface area contributed by atoms with E-state index in [1.807, 2.05) is 41.5 Å². The van der Waals surface area contributed by atoms with Gasteiger partial charge in [-0.3, -0.25) is 4.79 Å². The van der Waals surface area contributed by atoms with Crippen molar-refractivity contribution in [1.29, 1.82) is 0 Å². The van der Waals surface area contributed by atoms with Gasteiger partial charge in [0.15, 0.2) is 0 Å². The maximum Gasteiger partial charge on any atom is 0.328 e. The highest BCUT2D eigenvalue weighted by Gasteiger charge is 2.21. The second-order valence-electron chi connectivity index (χ2n) is 7.39. The lowest BCUT2D eigenvalue weighted by Gasteiger charge is -2.16. The summed E-state index contributed by atoms with van der Waals surface area (Å²) in [7, 11) is 1.28. The number of carbonyl (C=O) groups excluding carboxylic acids is 2. The van der Waals surface area contributed by atoms with Crippen LogP contribution in [0.2, 0.25) is 0 Å². The lowest BCUT2D eigenvalue weighted by molar-refractivity contribution is -0.145. The first-order valence-corrected chi connectivity index (χ1v) is 12.4. The second-order valence-corrected chi connectivity index (χ2v) is 7.39. The fourth-order valence-corrected chi connectivity index (χ4v) is 2.37. The van der Waals surface area contributed by atoms with E-state index in [0.29, 0.717) is 12.3 Å². The number of aliphatic hydroxyl groups excluding tert-OH is 1. The Balaban J connectivity index is -0.000000786. The van der Waals surface area contributed by atoms with Crippen molar-refractivity contribution in [2.24, 2.45) is 5.92 Å². The Bertz CT molecular complexity index is 723. The molecule has 0 aliphatic carbocycles. The fraction of sp³-hybridized carbons (Fsp3) is 0.517. The molecular weight excluding hydrogens is 442 g/mol. The van der Waals surface area contributed by atoms with Crippen molar-refractivity contribution in [3.8, 4) is 5.75 Å². The van der Waals surface area contributed by atoms with Gasteiger partial charge in [-0.05, 0) is 37.0 Å². The molecular formula is C29H49NO5. The van der Waals surface area contributed by atoms with E-state index >= 15 is 0 Å². The van der Waals surface area contributed by atoms with Crippen molar-refractivity contribution in [2.45, 2.75) is 86.3 Å². The number of carbonyl (C=O) groups is 2. The van der Waals surface area contributed by atoms with Gasteiger partial charge in [0, 0.05) is 12.8 Å². The predicted octanol–water partition coefficient (Wildman–Crippen LogP) is 6.14. The molecule has 0 aliphatic heterocycles. The van der Waals surface area contributed by atoms with Crippen LogP contribution in [0.15, 0.2) is 61.2 Å². The summed E-state index contributed by atoms with van der Waals surface area (Å²) < 4.78 is 4.75. The molecule has 3 N–H and O–H groups in total.